The quantitative estimate of drug-likeness (QED) is 0.684. The smallest absolute Gasteiger partial charge is 0.242 e. The van der Waals surface area contributed by atoms with Crippen molar-refractivity contribution in [2.75, 3.05) is 29.9 Å². The van der Waals surface area contributed by atoms with Crippen LogP contribution in [-0.4, -0.2) is 52.4 Å². The molecule has 1 saturated heterocycles. The molecule has 2 N–H and O–H groups in total. The number of piperidine rings is 1. The van der Waals surface area contributed by atoms with Gasteiger partial charge in [-0.25, -0.2) is 4.98 Å². The van der Waals surface area contributed by atoms with E-state index in [0.717, 1.165) is 41.1 Å². The number of benzene rings is 2. The molecule has 31 heavy (non-hydrogen) atoms. The Balaban J connectivity index is 1.20. The number of imidazole rings is 1. The van der Waals surface area contributed by atoms with Crippen molar-refractivity contribution in [3.05, 3.63) is 60.5 Å². The van der Waals surface area contributed by atoms with Crippen LogP contribution in [0.3, 0.4) is 0 Å². The van der Waals surface area contributed by atoms with Gasteiger partial charge in [0.15, 0.2) is 0 Å². The van der Waals surface area contributed by atoms with Crippen molar-refractivity contribution in [3.63, 3.8) is 0 Å². The number of rotatable bonds is 4. The molecular formula is C24H26N5O2. The topological polar surface area (TPSA) is 81.3 Å². The van der Waals surface area contributed by atoms with Crippen LogP contribution in [-0.2, 0) is 9.59 Å². The fourth-order valence-corrected chi connectivity index (χ4v) is 4.42. The number of nitrogens with zero attached hydrogens (tertiary/aromatic N) is 3. The van der Waals surface area contributed by atoms with Gasteiger partial charge in [0.1, 0.15) is 6.54 Å². The van der Waals surface area contributed by atoms with Gasteiger partial charge in [0.05, 0.1) is 11.0 Å². The third kappa shape index (κ3) is 4.13. The van der Waals surface area contributed by atoms with Crippen molar-refractivity contribution in [3.8, 4) is 0 Å². The number of nitrogens with one attached hydrogen (secondary N) is 2. The third-order valence-electron chi connectivity index (χ3n) is 6.12. The monoisotopic (exact) mass is 416 g/mol. The Morgan fingerprint density at radius 2 is 1.87 bits per heavy atom. The SMILES string of the molecule is O=C(CN1C(=O)CC[CH]c2ccccc21)N1CCC(Nc2nc3ccccc3[nH]2)CC1. The van der Waals surface area contributed by atoms with E-state index in [2.05, 4.69) is 21.7 Å². The van der Waals surface area contributed by atoms with Crippen molar-refractivity contribution in [2.45, 2.75) is 31.7 Å². The zero-order chi connectivity index (χ0) is 21.2. The molecule has 7 heteroatoms. The summed E-state index contributed by atoms with van der Waals surface area (Å²) in [5.41, 5.74) is 3.81. The van der Waals surface area contributed by atoms with Gasteiger partial charge in [-0.1, -0.05) is 30.3 Å². The van der Waals surface area contributed by atoms with Crippen LogP contribution in [0.1, 0.15) is 31.2 Å². The molecule has 0 atom stereocenters. The van der Waals surface area contributed by atoms with E-state index in [4.69, 9.17) is 0 Å². The highest BCUT2D eigenvalue weighted by Gasteiger charge is 2.28. The predicted molar refractivity (Wildman–Crippen MR) is 121 cm³/mol. The fraction of sp³-hybridized carbons (Fsp3) is 0.333. The standard InChI is InChI=1S/C24H26N5O2/c30-22-11-5-7-17-6-1-4-10-21(17)29(22)16-23(31)28-14-12-18(13-15-28)25-24-26-19-8-2-3-9-20(19)27-24/h1-4,6-10,18H,5,11-16H2,(H2,25,26,27). The molecular weight excluding hydrogens is 390 g/mol. The summed E-state index contributed by atoms with van der Waals surface area (Å²) in [6, 6.07) is 16.0. The van der Waals surface area contributed by atoms with Gasteiger partial charge >= 0.3 is 0 Å². The summed E-state index contributed by atoms with van der Waals surface area (Å²) in [6.07, 6.45) is 4.92. The lowest BCUT2D eigenvalue weighted by atomic mass is 10.1. The highest BCUT2D eigenvalue weighted by Crippen LogP contribution is 2.28. The van der Waals surface area contributed by atoms with Gasteiger partial charge in [0, 0.05) is 31.2 Å². The number of aromatic amines is 1. The largest absolute Gasteiger partial charge is 0.353 e. The number of carbonyl (C=O) groups excluding carboxylic acids is 2. The molecule has 2 amide bonds. The normalized spacial score (nSPS) is 17.5. The van der Waals surface area contributed by atoms with Gasteiger partial charge in [0.2, 0.25) is 17.8 Å². The van der Waals surface area contributed by atoms with Crippen molar-refractivity contribution in [1.29, 1.82) is 0 Å². The lowest BCUT2D eigenvalue weighted by molar-refractivity contribution is -0.132. The van der Waals surface area contributed by atoms with Crippen LogP contribution in [0.5, 0.6) is 0 Å². The summed E-state index contributed by atoms with van der Waals surface area (Å²) in [7, 11) is 0. The number of amides is 2. The number of H-pyrrole nitrogens is 1. The van der Waals surface area contributed by atoms with E-state index in [9.17, 15) is 9.59 Å². The molecule has 0 aliphatic carbocycles. The number of fused-ring (bicyclic) bond motifs is 2. The summed E-state index contributed by atoms with van der Waals surface area (Å²) in [6.45, 7) is 1.45. The molecule has 2 aliphatic heterocycles. The number of hydrogen-bond acceptors (Lipinski definition) is 4. The number of carbonyl (C=O) groups is 2. The molecule has 0 unspecified atom stereocenters. The van der Waals surface area contributed by atoms with Crippen LogP contribution in [0.2, 0.25) is 0 Å². The number of para-hydroxylation sites is 3. The fourth-order valence-electron chi connectivity index (χ4n) is 4.42. The first-order valence-corrected chi connectivity index (χ1v) is 10.9. The molecule has 0 spiro atoms. The predicted octanol–water partition coefficient (Wildman–Crippen LogP) is 3.35. The Morgan fingerprint density at radius 3 is 2.71 bits per heavy atom. The molecule has 0 bridgehead atoms. The van der Waals surface area contributed by atoms with Gasteiger partial charge in [-0.05, 0) is 49.4 Å². The second-order valence-electron chi connectivity index (χ2n) is 8.18. The van der Waals surface area contributed by atoms with E-state index < -0.39 is 0 Å². The van der Waals surface area contributed by atoms with E-state index in [1.807, 2.05) is 53.4 Å². The summed E-state index contributed by atoms with van der Waals surface area (Å²) in [5.74, 6) is 0.789. The molecule has 3 heterocycles. The third-order valence-corrected chi connectivity index (χ3v) is 6.12. The van der Waals surface area contributed by atoms with E-state index in [-0.39, 0.29) is 24.4 Å². The average Bonchev–Trinajstić information content (AvgIpc) is 3.13. The molecule has 2 aliphatic rings. The first-order valence-electron chi connectivity index (χ1n) is 10.9. The maximum Gasteiger partial charge on any atom is 0.242 e. The average molecular weight is 417 g/mol. The van der Waals surface area contributed by atoms with Gasteiger partial charge in [-0.3, -0.25) is 9.59 Å². The Bertz CT molecular complexity index is 1070. The summed E-state index contributed by atoms with van der Waals surface area (Å²) in [4.78, 5) is 37.1. The second kappa shape index (κ2) is 8.41. The maximum absolute atomic E-state index is 13.0. The van der Waals surface area contributed by atoms with Crippen LogP contribution in [0, 0.1) is 6.42 Å². The van der Waals surface area contributed by atoms with Crippen molar-refractivity contribution < 1.29 is 9.59 Å². The minimum Gasteiger partial charge on any atom is -0.353 e. The zero-order valence-corrected chi connectivity index (χ0v) is 17.4. The van der Waals surface area contributed by atoms with Crippen molar-refractivity contribution >= 4 is 34.5 Å². The van der Waals surface area contributed by atoms with Crippen LogP contribution in [0.15, 0.2) is 48.5 Å². The van der Waals surface area contributed by atoms with Crippen molar-refractivity contribution in [1.82, 2.24) is 14.9 Å². The van der Waals surface area contributed by atoms with Gasteiger partial charge in [0.25, 0.3) is 0 Å². The maximum atomic E-state index is 13.0. The van der Waals surface area contributed by atoms with E-state index in [1.165, 1.54) is 0 Å². The molecule has 2 aromatic carbocycles. The number of likely N-dealkylation sites (tertiary alicyclic amines) is 1. The Hall–Kier alpha value is -3.35. The van der Waals surface area contributed by atoms with E-state index in [1.54, 1.807) is 4.90 Å². The second-order valence-corrected chi connectivity index (χ2v) is 8.18. The number of aromatic nitrogens is 2. The van der Waals surface area contributed by atoms with Crippen LogP contribution >= 0.6 is 0 Å². The molecule has 1 radical (unpaired) electrons. The van der Waals surface area contributed by atoms with Crippen molar-refractivity contribution in [2.24, 2.45) is 0 Å². The molecule has 1 fully saturated rings. The molecule has 7 nitrogen and oxygen atoms in total. The van der Waals surface area contributed by atoms with E-state index >= 15 is 0 Å². The lowest BCUT2D eigenvalue weighted by Gasteiger charge is -2.34. The Labute approximate surface area is 181 Å². The van der Waals surface area contributed by atoms with Crippen LogP contribution in [0.4, 0.5) is 11.6 Å². The Morgan fingerprint density at radius 1 is 1.10 bits per heavy atom. The first-order chi connectivity index (χ1) is 15.2. The van der Waals surface area contributed by atoms with Gasteiger partial charge in [-0.15, -0.1) is 0 Å². The van der Waals surface area contributed by atoms with Crippen LogP contribution in [0.25, 0.3) is 11.0 Å². The summed E-state index contributed by atoms with van der Waals surface area (Å²) >= 11 is 0. The lowest BCUT2D eigenvalue weighted by Crippen LogP contribution is -2.47. The molecule has 159 valence electrons. The molecule has 0 saturated carbocycles. The summed E-state index contributed by atoms with van der Waals surface area (Å²) < 4.78 is 0. The number of anilines is 2. The van der Waals surface area contributed by atoms with Gasteiger partial charge in [-0.2, -0.15) is 0 Å². The first kappa shape index (κ1) is 19.6. The minimum atomic E-state index is 0.00670. The highest BCUT2D eigenvalue weighted by molar-refractivity contribution is 6.00. The van der Waals surface area contributed by atoms with Crippen LogP contribution < -0.4 is 10.2 Å². The number of hydrogen-bond donors (Lipinski definition) is 2. The van der Waals surface area contributed by atoms with Gasteiger partial charge < -0.3 is 20.1 Å². The summed E-state index contributed by atoms with van der Waals surface area (Å²) in [5, 5.41) is 3.47. The molecule has 3 aromatic rings. The van der Waals surface area contributed by atoms with E-state index in [0.29, 0.717) is 25.9 Å². The highest BCUT2D eigenvalue weighted by atomic mass is 16.2. The Kier molecular flexibility index (Phi) is 5.32. The molecule has 1 aromatic heterocycles. The molecule has 5 rings (SSSR count). The zero-order valence-electron chi connectivity index (χ0n) is 17.4. The minimum absolute atomic E-state index is 0.00670.